The third-order valence-corrected chi connectivity index (χ3v) is 4.24. The van der Waals surface area contributed by atoms with Crippen molar-refractivity contribution in [1.82, 2.24) is 0 Å². The Morgan fingerprint density at radius 2 is 1.44 bits per heavy atom. The minimum absolute atomic E-state index is 0.342. The third kappa shape index (κ3) is 1.90. The molecule has 0 bridgehead atoms. The second-order valence-corrected chi connectivity index (χ2v) is 6.67. The predicted molar refractivity (Wildman–Crippen MR) is 71.1 cm³/mol. The molecule has 0 aliphatic heterocycles. The van der Waals surface area contributed by atoms with Crippen LogP contribution in [0.3, 0.4) is 0 Å². The van der Waals surface area contributed by atoms with Gasteiger partial charge < -0.3 is 0 Å². The fourth-order valence-corrected chi connectivity index (χ4v) is 3.05. The Labute approximate surface area is 100 Å². The van der Waals surface area contributed by atoms with E-state index in [1.165, 1.54) is 24.8 Å². The van der Waals surface area contributed by atoms with Crippen LogP contribution >= 0.6 is 0 Å². The molecule has 0 nitrogen and oxygen atoms in total. The molecule has 0 radical (unpaired) electrons. The molecule has 2 rings (SSSR count). The zero-order valence-corrected chi connectivity index (χ0v) is 11.4. The van der Waals surface area contributed by atoms with E-state index in [0.717, 1.165) is 0 Å². The highest BCUT2D eigenvalue weighted by Gasteiger charge is 2.33. The number of hydrogen-bond donors (Lipinski definition) is 0. The molecule has 1 aromatic rings. The van der Waals surface area contributed by atoms with Crippen LogP contribution in [-0.2, 0) is 10.8 Å². The lowest BCUT2D eigenvalue weighted by Gasteiger charge is -2.30. The fraction of sp³-hybridized carbons (Fsp3) is 0.625. The molecule has 0 heterocycles. The van der Waals surface area contributed by atoms with Gasteiger partial charge in [-0.3, -0.25) is 0 Å². The summed E-state index contributed by atoms with van der Waals surface area (Å²) in [5.41, 5.74) is 5.23. The summed E-state index contributed by atoms with van der Waals surface area (Å²) in [5, 5.41) is 0. The SMILES string of the molecule is Cc1ccc2c(c1)C(C)(C)CCCC2(C)C. The fourth-order valence-electron chi connectivity index (χ4n) is 3.05. The van der Waals surface area contributed by atoms with Crippen LogP contribution in [0.2, 0.25) is 0 Å². The summed E-state index contributed by atoms with van der Waals surface area (Å²) in [5.74, 6) is 0. The molecular formula is C16H24. The van der Waals surface area contributed by atoms with Crippen molar-refractivity contribution < 1.29 is 0 Å². The zero-order chi connectivity index (χ0) is 12.0. The molecule has 0 spiro atoms. The van der Waals surface area contributed by atoms with Gasteiger partial charge in [0.1, 0.15) is 0 Å². The molecule has 0 aromatic heterocycles. The smallest absolute Gasteiger partial charge is 0.0101 e. The number of rotatable bonds is 0. The van der Waals surface area contributed by atoms with E-state index in [2.05, 4.69) is 52.8 Å². The van der Waals surface area contributed by atoms with Crippen LogP contribution in [0.4, 0.5) is 0 Å². The highest BCUT2D eigenvalue weighted by atomic mass is 14.4. The molecule has 16 heavy (non-hydrogen) atoms. The first-order valence-corrected chi connectivity index (χ1v) is 6.45. The zero-order valence-electron chi connectivity index (χ0n) is 11.4. The van der Waals surface area contributed by atoms with Crippen molar-refractivity contribution in [3.8, 4) is 0 Å². The van der Waals surface area contributed by atoms with Crippen LogP contribution in [0, 0.1) is 6.92 Å². The molecule has 0 N–H and O–H groups in total. The van der Waals surface area contributed by atoms with Crippen molar-refractivity contribution >= 4 is 0 Å². The third-order valence-electron chi connectivity index (χ3n) is 4.24. The molecule has 0 saturated carbocycles. The first-order chi connectivity index (χ1) is 7.33. The largest absolute Gasteiger partial charge is 0.0590 e. The second-order valence-electron chi connectivity index (χ2n) is 6.67. The summed E-state index contributed by atoms with van der Waals surface area (Å²) < 4.78 is 0. The summed E-state index contributed by atoms with van der Waals surface area (Å²) in [6, 6.07) is 7.03. The van der Waals surface area contributed by atoms with Gasteiger partial charge in [-0.2, -0.15) is 0 Å². The van der Waals surface area contributed by atoms with Gasteiger partial charge >= 0.3 is 0 Å². The second kappa shape index (κ2) is 3.61. The predicted octanol–water partition coefficient (Wildman–Crippen LogP) is 4.73. The molecular weight excluding hydrogens is 192 g/mol. The average molecular weight is 216 g/mol. The summed E-state index contributed by atoms with van der Waals surface area (Å²) in [7, 11) is 0. The Kier molecular flexibility index (Phi) is 2.64. The summed E-state index contributed by atoms with van der Waals surface area (Å²) in [4.78, 5) is 0. The minimum Gasteiger partial charge on any atom is -0.0590 e. The maximum atomic E-state index is 2.41. The lowest BCUT2D eigenvalue weighted by molar-refractivity contribution is 0.433. The van der Waals surface area contributed by atoms with Gasteiger partial charge in [-0.25, -0.2) is 0 Å². The Bertz CT molecular complexity index is 396. The van der Waals surface area contributed by atoms with Crippen molar-refractivity contribution in [2.75, 3.05) is 0 Å². The maximum absolute atomic E-state index is 2.41. The van der Waals surface area contributed by atoms with Gasteiger partial charge in [0.15, 0.2) is 0 Å². The standard InChI is InChI=1S/C16H24/c1-12-7-8-13-14(11-12)16(4,5)10-6-9-15(13,2)3/h7-8,11H,6,9-10H2,1-5H3. The van der Waals surface area contributed by atoms with Crippen LogP contribution in [0.15, 0.2) is 18.2 Å². The topological polar surface area (TPSA) is 0 Å². The highest BCUT2D eigenvalue weighted by molar-refractivity contribution is 5.41. The Morgan fingerprint density at radius 1 is 0.875 bits per heavy atom. The van der Waals surface area contributed by atoms with Crippen molar-refractivity contribution in [2.45, 2.75) is 64.7 Å². The van der Waals surface area contributed by atoms with E-state index in [4.69, 9.17) is 0 Å². The van der Waals surface area contributed by atoms with E-state index in [9.17, 15) is 0 Å². The number of hydrogen-bond acceptors (Lipinski definition) is 0. The summed E-state index contributed by atoms with van der Waals surface area (Å²) in [6.45, 7) is 11.8. The average Bonchev–Trinajstić information content (AvgIpc) is 2.23. The summed E-state index contributed by atoms with van der Waals surface area (Å²) in [6.07, 6.45) is 3.97. The van der Waals surface area contributed by atoms with E-state index >= 15 is 0 Å². The number of benzene rings is 1. The Balaban J connectivity index is 2.65. The van der Waals surface area contributed by atoms with Gasteiger partial charge in [-0.1, -0.05) is 57.9 Å². The van der Waals surface area contributed by atoms with Crippen LogP contribution < -0.4 is 0 Å². The molecule has 1 aliphatic carbocycles. The lowest BCUT2D eigenvalue weighted by Crippen LogP contribution is -2.21. The van der Waals surface area contributed by atoms with Crippen molar-refractivity contribution in [3.05, 3.63) is 34.9 Å². The Morgan fingerprint density at radius 3 is 2.06 bits per heavy atom. The number of aryl methyl sites for hydroxylation is 1. The molecule has 88 valence electrons. The van der Waals surface area contributed by atoms with Crippen LogP contribution in [0.5, 0.6) is 0 Å². The summed E-state index contributed by atoms with van der Waals surface area (Å²) >= 11 is 0. The molecule has 0 atom stereocenters. The molecule has 0 unspecified atom stereocenters. The number of fused-ring (bicyclic) bond motifs is 1. The van der Waals surface area contributed by atoms with Crippen LogP contribution in [-0.4, -0.2) is 0 Å². The minimum atomic E-state index is 0.342. The van der Waals surface area contributed by atoms with E-state index in [1.807, 2.05) is 0 Å². The van der Waals surface area contributed by atoms with Gasteiger partial charge in [0.25, 0.3) is 0 Å². The molecule has 0 amide bonds. The van der Waals surface area contributed by atoms with Crippen LogP contribution in [0.25, 0.3) is 0 Å². The first-order valence-electron chi connectivity index (χ1n) is 6.45. The monoisotopic (exact) mass is 216 g/mol. The lowest BCUT2D eigenvalue weighted by atomic mass is 9.75. The van der Waals surface area contributed by atoms with Gasteiger partial charge in [-0.15, -0.1) is 0 Å². The van der Waals surface area contributed by atoms with Gasteiger partial charge in [-0.05, 0) is 41.7 Å². The molecule has 1 aromatic carbocycles. The van der Waals surface area contributed by atoms with E-state index in [1.54, 1.807) is 11.1 Å². The molecule has 0 fully saturated rings. The normalized spacial score (nSPS) is 22.3. The van der Waals surface area contributed by atoms with Gasteiger partial charge in [0.2, 0.25) is 0 Å². The van der Waals surface area contributed by atoms with E-state index < -0.39 is 0 Å². The molecule has 0 saturated heterocycles. The van der Waals surface area contributed by atoms with Gasteiger partial charge in [0.05, 0.1) is 0 Å². The maximum Gasteiger partial charge on any atom is -0.0101 e. The molecule has 1 aliphatic rings. The van der Waals surface area contributed by atoms with Crippen molar-refractivity contribution in [3.63, 3.8) is 0 Å². The first kappa shape index (κ1) is 11.7. The highest BCUT2D eigenvalue weighted by Crippen LogP contribution is 2.43. The van der Waals surface area contributed by atoms with Crippen molar-refractivity contribution in [1.29, 1.82) is 0 Å². The Hall–Kier alpha value is -0.780. The quantitative estimate of drug-likeness (QED) is 0.550. The van der Waals surface area contributed by atoms with E-state index in [0.29, 0.717) is 10.8 Å². The van der Waals surface area contributed by atoms with Crippen LogP contribution in [0.1, 0.15) is 63.6 Å². The van der Waals surface area contributed by atoms with E-state index in [-0.39, 0.29) is 0 Å². The van der Waals surface area contributed by atoms with Crippen molar-refractivity contribution in [2.24, 2.45) is 0 Å². The van der Waals surface area contributed by atoms with Gasteiger partial charge in [0, 0.05) is 0 Å². The molecule has 0 heteroatoms.